The quantitative estimate of drug-likeness (QED) is 0.688. The number of aliphatic hydroxyl groups is 2. The summed E-state index contributed by atoms with van der Waals surface area (Å²) in [4.78, 5) is 0. The summed E-state index contributed by atoms with van der Waals surface area (Å²) in [7, 11) is 1.63. The first-order chi connectivity index (χ1) is 8.04. The summed E-state index contributed by atoms with van der Waals surface area (Å²) in [5, 5.41) is 21.5. The van der Waals surface area contributed by atoms with Crippen molar-refractivity contribution in [1.82, 2.24) is 5.32 Å². The molecule has 0 bridgehead atoms. The third-order valence-electron chi connectivity index (χ3n) is 2.84. The van der Waals surface area contributed by atoms with Crippen molar-refractivity contribution in [1.29, 1.82) is 0 Å². The zero-order chi connectivity index (χ0) is 12.9. The molecule has 0 radical (unpaired) electrons. The van der Waals surface area contributed by atoms with Gasteiger partial charge in [-0.15, -0.1) is 0 Å². The van der Waals surface area contributed by atoms with Gasteiger partial charge in [0.25, 0.3) is 0 Å². The lowest BCUT2D eigenvalue weighted by atomic mass is 10.0. The van der Waals surface area contributed by atoms with Crippen LogP contribution in [0, 0.1) is 6.92 Å². The Kier molecular flexibility index (Phi) is 4.93. The highest BCUT2D eigenvalue weighted by Gasteiger charge is 2.21. The Balaban J connectivity index is 2.77. The lowest BCUT2D eigenvalue weighted by Gasteiger charge is -2.26. The van der Waals surface area contributed by atoms with Crippen molar-refractivity contribution in [3.63, 3.8) is 0 Å². The minimum absolute atomic E-state index is 0.113. The van der Waals surface area contributed by atoms with Crippen LogP contribution in [-0.2, 0) is 6.54 Å². The monoisotopic (exact) mass is 239 g/mol. The molecule has 4 heteroatoms. The van der Waals surface area contributed by atoms with E-state index in [4.69, 9.17) is 4.74 Å². The van der Waals surface area contributed by atoms with Gasteiger partial charge >= 0.3 is 0 Å². The van der Waals surface area contributed by atoms with Crippen LogP contribution in [0.3, 0.4) is 0 Å². The highest BCUT2D eigenvalue weighted by Crippen LogP contribution is 2.20. The van der Waals surface area contributed by atoms with E-state index in [1.807, 2.05) is 25.1 Å². The Morgan fingerprint density at radius 3 is 2.47 bits per heavy atom. The Bertz CT molecular complexity index is 362. The van der Waals surface area contributed by atoms with E-state index in [1.54, 1.807) is 14.0 Å². The van der Waals surface area contributed by atoms with Gasteiger partial charge in [0.2, 0.25) is 0 Å². The van der Waals surface area contributed by atoms with Crippen molar-refractivity contribution in [3.8, 4) is 5.75 Å². The summed E-state index contributed by atoms with van der Waals surface area (Å²) >= 11 is 0. The molecule has 0 aliphatic carbocycles. The molecule has 0 fully saturated rings. The van der Waals surface area contributed by atoms with Gasteiger partial charge in [0.1, 0.15) is 5.75 Å². The minimum atomic E-state index is -0.672. The Labute approximate surface area is 102 Å². The van der Waals surface area contributed by atoms with Crippen LogP contribution in [0.15, 0.2) is 18.2 Å². The molecule has 0 saturated carbocycles. The first kappa shape index (κ1) is 14.0. The topological polar surface area (TPSA) is 61.7 Å². The first-order valence-corrected chi connectivity index (χ1v) is 5.65. The Morgan fingerprint density at radius 1 is 1.29 bits per heavy atom. The highest BCUT2D eigenvalue weighted by atomic mass is 16.5. The summed E-state index contributed by atoms with van der Waals surface area (Å²) in [6, 6.07) is 5.93. The molecule has 1 rings (SSSR count). The molecular formula is C13H21NO3. The summed E-state index contributed by atoms with van der Waals surface area (Å²) in [6.07, 6.45) is 0. The largest absolute Gasteiger partial charge is 0.496 e. The molecule has 4 nitrogen and oxygen atoms in total. The van der Waals surface area contributed by atoms with Gasteiger partial charge in [-0.1, -0.05) is 17.7 Å². The lowest BCUT2D eigenvalue weighted by Crippen LogP contribution is -2.48. The minimum Gasteiger partial charge on any atom is -0.496 e. The molecule has 0 amide bonds. The average Bonchev–Trinajstić information content (AvgIpc) is 2.36. The zero-order valence-corrected chi connectivity index (χ0v) is 10.7. The Hall–Kier alpha value is -1.10. The van der Waals surface area contributed by atoms with Gasteiger partial charge in [0.15, 0.2) is 0 Å². The summed E-state index contributed by atoms with van der Waals surface area (Å²) < 4.78 is 5.27. The number of methoxy groups -OCH3 is 1. The molecule has 0 spiro atoms. The molecule has 0 saturated heterocycles. The van der Waals surface area contributed by atoms with Crippen LogP contribution in [0.1, 0.15) is 18.1 Å². The van der Waals surface area contributed by atoms with E-state index < -0.39 is 5.54 Å². The van der Waals surface area contributed by atoms with Gasteiger partial charge in [0.05, 0.1) is 25.9 Å². The molecule has 0 atom stereocenters. The maximum absolute atomic E-state index is 9.19. The molecule has 1 aromatic carbocycles. The van der Waals surface area contributed by atoms with Gasteiger partial charge in [-0.2, -0.15) is 0 Å². The molecule has 3 N–H and O–H groups in total. The standard InChI is InChI=1S/C13H21NO3/c1-10-4-5-12(17-3)11(6-10)7-14-13(2,8-15)9-16/h4-6,14-16H,7-9H2,1-3H3. The highest BCUT2D eigenvalue weighted by molar-refractivity contribution is 5.36. The third-order valence-corrected chi connectivity index (χ3v) is 2.84. The number of nitrogens with one attached hydrogen (secondary N) is 1. The van der Waals surface area contributed by atoms with Crippen molar-refractivity contribution in [2.24, 2.45) is 0 Å². The number of aryl methyl sites for hydroxylation is 1. The number of hydrogen-bond donors (Lipinski definition) is 3. The average molecular weight is 239 g/mol. The van der Waals surface area contributed by atoms with Gasteiger partial charge in [-0.3, -0.25) is 0 Å². The summed E-state index contributed by atoms with van der Waals surface area (Å²) in [6.45, 7) is 4.10. The number of hydrogen-bond acceptors (Lipinski definition) is 4. The second-order valence-electron chi connectivity index (χ2n) is 4.55. The van der Waals surface area contributed by atoms with E-state index in [0.717, 1.165) is 16.9 Å². The molecule has 1 aromatic rings. The molecule has 0 aliphatic heterocycles. The SMILES string of the molecule is COc1ccc(C)cc1CNC(C)(CO)CO. The number of ether oxygens (including phenoxy) is 1. The lowest BCUT2D eigenvalue weighted by molar-refractivity contribution is 0.103. The fourth-order valence-electron chi connectivity index (χ4n) is 1.52. The van der Waals surface area contributed by atoms with Gasteiger partial charge in [-0.25, -0.2) is 0 Å². The van der Waals surface area contributed by atoms with Crippen molar-refractivity contribution in [2.75, 3.05) is 20.3 Å². The number of benzene rings is 1. The van der Waals surface area contributed by atoms with Crippen LogP contribution >= 0.6 is 0 Å². The van der Waals surface area contributed by atoms with E-state index >= 15 is 0 Å². The van der Waals surface area contributed by atoms with Gasteiger partial charge in [0, 0.05) is 12.1 Å². The van der Waals surface area contributed by atoms with E-state index in [0.29, 0.717) is 6.54 Å². The molecule has 0 aliphatic rings. The number of aliphatic hydroxyl groups excluding tert-OH is 2. The van der Waals surface area contributed by atoms with Crippen molar-refractivity contribution in [3.05, 3.63) is 29.3 Å². The van der Waals surface area contributed by atoms with E-state index in [2.05, 4.69) is 5.32 Å². The van der Waals surface area contributed by atoms with Crippen molar-refractivity contribution in [2.45, 2.75) is 25.9 Å². The fourth-order valence-corrected chi connectivity index (χ4v) is 1.52. The summed E-state index contributed by atoms with van der Waals surface area (Å²) in [5.41, 5.74) is 1.49. The number of rotatable bonds is 6. The fraction of sp³-hybridized carbons (Fsp3) is 0.538. The molecule has 0 aromatic heterocycles. The smallest absolute Gasteiger partial charge is 0.123 e. The van der Waals surface area contributed by atoms with Crippen molar-refractivity contribution < 1.29 is 14.9 Å². The molecule has 0 unspecified atom stereocenters. The molecule has 0 heterocycles. The second kappa shape index (κ2) is 6.00. The molecule has 96 valence electrons. The normalized spacial score (nSPS) is 11.6. The van der Waals surface area contributed by atoms with Crippen molar-refractivity contribution >= 4 is 0 Å². The second-order valence-corrected chi connectivity index (χ2v) is 4.55. The van der Waals surface area contributed by atoms with Crippen LogP contribution in [0.25, 0.3) is 0 Å². The Morgan fingerprint density at radius 2 is 1.94 bits per heavy atom. The maximum atomic E-state index is 9.19. The van der Waals surface area contributed by atoms with Gasteiger partial charge in [-0.05, 0) is 19.9 Å². The first-order valence-electron chi connectivity index (χ1n) is 5.65. The van der Waals surface area contributed by atoms with Crippen LogP contribution in [0.5, 0.6) is 5.75 Å². The molecular weight excluding hydrogens is 218 g/mol. The predicted molar refractivity (Wildman–Crippen MR) is 67.1 cm³/mol. The molecule has 17 heavy (non-hydrogen) atoms. The van der Waals surface area contributed by atoms with Crippen LogP contribution in [0.2, 0.25) is 0 Å². The van der Waals surface area contributed by atoms with E-state index in [9.17, 15) is 10.2 Å². The van der Waals surface area contributed by atoms with Crippen LogP contribution in [0.4, 0.5) is 0 Å². The third kappa shape index (κ3) is 3.70. The zero-order valence-electron chi connectivity index (χ0n) is 10.7. The maximum Gasteiger partial charge on any atom is 0.123 e. The van der Waals surface area contributed by atoms with Gasteiger partial charge < -0.3 is 20.3 Å². The van der Waals surface area contributed by atoms with E-state index in [-0.39, 0.29) is 13.2 Å². The van der Waals surface area contributed by atoms with Crippen LogP contribution in [-0.4, -0.2) is 36.1 Å². The predicted octanol–water partition coefficient (Wildman–Crippen LogP) is 0.837. The summed E-state index contributed by atoms with van der Waals surface area (Å²) in [5.74, 6) is 0.807. The van der Waals surface area contributed by atoms with E-state index in [1.165, 1.54) is 0 Å². The van der Waals surface area contributed by atoms with Crippen LogP contribution < -0.4 is 10.1 Å².